The van der Waals surface area contributed by atoms with E-state index >= 15 is 0 Å². The van der Waals surface area contributed by atoms with Crippen molar-refractivity contribution in [3.8, 4) is 0 Å². The molecule has 100 valence electrons. The van der Waals surface area contributed by atoms with Crippen molar-refractivity contribution in [3.63, 3.8) is 0 Å². The van der Waals surface area contributed by atoms with Crippen LogP contribution in [0.5, 0.6) is 0 Å². The first-order valence-electron chi connectivity index (χ1n) is 6.36. The summed E-state index contributed by atoms with van der Waals surface area (Å²) >= 11 is 5.88. The number of nitrogens with zero attached hydrogens (tertiary/aromatic N) is 2. The molecule has 0 fully saturated rings. The molecular weight excluding hydrogens is 258 g/mol. The summed E-state index contributed by atoms with van der Waals surface area (Å²) in [5.41, 5.74) is 8.96. The van der Waals surface area contributed by atoms with Gasteiger partial charge in [-0.25, -0.2) is 9.97 Å². The highest BCUT2D eigenvalue weighted by Crippen LogP contribution is 2.13. The zero-order valence-electron chi connectivity index (χ0n) is 11.2. The molecule has 1 aromatic carbocycles. The average Bonchev–Trinajstić information content (AvgIpc) is 2.30. The normalized spacial score (nSPS) is 12.4. The number of hydrogen-bond acceptors (Lipinski definition) is 3. The minimum Gasteiger partial charge on any atom is -0.328 e. The lowest BCUT2D eigenvalue weighted by atomic mass is 10.1. The molecule has 2 aromatic rings. The number of aromatic nitrogens is 2. The minimum absolute atomic E-state index is 0.109. The summed E-state index contributed by atoms with van der Waals surface area (Å²) in [6, 6.07) is 9.87. The van der Waals surface area contributed by atoms with Gasteiger partial charge in [0.15, 0.2) is 0 Å². The van der Waals surface area contributed by atoms with Crippen LogP contribution in [0.1, 0.15) is 29.7 Å². The molecule has 1 heterocycles. The van der Waals surface area contributed by atoms with Crippen LogP contribution in [-0.2, 0) is 12.8 Å². The van der Waals surface area contributed by atoms with Gasteiger partial charge in [0, 0.05) is 35.3 Å². The van der Waals surface area contributed by atoms with Crippen LogP contribution in [0.2, 0.25) is 5.02 Å². The molecule has 1 aromatic heterocycles. The lowest BCUT2D eigenvalue weighted by molar-refractivity contribution is 0.711. The minimum atomic E-state index is 0.109. The van der Waals surface area contributed by atoms with Gasteiger partial charge in [-0.3, -0.25) is 0 Å². The van der Waals surface area contributed by atoms with Crippen LogP contribution < -0.4 is 5.73 Å². The number of halogens is 1. The summed E-state index contributed by atoms with van der Waals surface area (Å²) < 4.78 is 0. The number of hydrogen-bond donors (Lipinski definition) is 1. The van der Waals surface area contributed by atoms with Crippen molar-refractivity contribution in [1.29, 1.82) is 0 Å². The van der Waals surface area contributed by atoms with E-state index in [1.807, 2.05) is 44.2 Å². The summed E-state index contributed by atoms with van der Waals surface area (Å²) in [5, 5.41) is 0.742. The molecule has 0 spiro atoms. The summed E-state index contributed by atoms with van der Waals surface area (Å²) in [6.07, 6.45) is 1.49. The van der Waals surface area contributed by atoms with Crippen LogP contribution in [-0.4, -0.2) is 16.0 Å². The topological polar surface area (TPSA) is 51.8 Å². The van der Waals surface area contributed by atoms with E-state index in [0.717, 1.165) is 34.2 Å². The lowest BCUT2D eigenvalue weighted by Crippen LogP contribution is -2.19. The summed E-state index contributed by atoms with van der Waals surface area (Å²) in [4.78, 5) is 9.04. The van der Waals surface area contributed by atoms with E-state index in [2.05, 4.69) is 9.97 Å². The second-order valence-corrected chi connectivity index (χ2v) is 5.34. The zero-order chi connectivity index (χ0) is 13.8. The van der Waals surface area contributed by atoms with Crippen molar-refractivity contribution >= 4 is 11.6 Å². The molecule has 1 atom stereocenters. The van der Waals surface area contributed by atoms with E-state index in [1.54, 1.807) is 0 Å². The molecule has 0 aliphatic heterocycles. The van der Waals surface area contributed by atoms with Gasteiger partial charge in [0.1, 0.15) is 5.82 Å². The van der Waals surface area contributed by atoms with E-state index in [9.17, 15) is 0 Å². The molecule has 0 radical (unpaired) electrons. The van der Waals surface area contributed by atoms with Crippen molar-refractivity contribution in [2.45, 2.75) is 32.7 Å². The van der Waals surface area contributed by atoms with E-state index in [0.29, 0.717) is 6.42 Å². The first-order chi connectivity index (χ1) is 9.02. The van der Waals surface area contributed by atoms with Gasteiger partial charge in [-0.15, -0.1) is 0 Å². The SMILES string of the molecule is Cc1cc(CC(C)N)nc(Cc2ccc(Cl)cc2)n1. The lowest BCUT2D eigenvalue weighted by Gasteiger charge is -2.08. The Balaban J connectivity index is 2.19. The van der Waals surface area contributed by atoms with Crippen molar-refractivity contribution in [3.05, 3.63) is 58.1 Å². The number of benzene rings is 1. The van der Waals surface area contributed by atoms with Crippen molar-refractivity contribution in [1.82, 2.24) is 9.97 Å². The molecule has 2 N–H and O–H groups in total. The molecule has 0 bridgehead atoms. The second kappa shape index (κ2) is 6.13. The average molecular weight is 276 g/mol. The van der Waals surface area contributed by atoms with Gasteiger partial charge >= 0.3 is 0 Å². The fourth-order valence-electron chi connectivity index (χ4n) is 2.00. The van der Waals surface area contributed by atoms with E-state index in [1.165, 1.54) is 0 Å². The van der Waals surface area contributed by atoms with Gasteiger partial charge in [0.05, 0.1) is 0 Å². The predicted molar refractivity (Wildman–Crippen MR) is 78.4 cm³/mol. The Hall–Kier alpha value is -1.45. The zero-order valence-corrected chi connectivity index (χ0v) is 12.0. The second-order valence-electron chi connectivity index (χ2n) is 4.90. The smallest absolute Gasteiger partial charge is 0.133 e. The molecule has 0 aliphatic carbocycles. The van der Waals surface area contributed by atoms with Gasteiger partial charge in [-0.1, -0.05) is 23.7 Å². The van der Waals surface area contributed by atoms with Crippen molar-refractivity contribution < 1.29 is 0 Å². The fourth-order valence-corrected chi connectivity index (χ4v) is 2.12. The quantitative estimate of drug-likeness (QED) is 0.933. The largest absolute Gasteiger partial charge is 0.328 e. The molecule has 0 saturated carbocycles. The number of rotatable bonds is 4. The van der Waals surface area contributed by atoms with E-state index in [4.69, 9.17) is 17.3 Å². The van der Waals surface area contributed by atoms with E-state index < -0.39 is 0 Å². The van der Waals surface area contributed by atoms with Gasteiger partial charge in [0.25, 0.3) is 0 Å². The Morgan fingerprint density at radius 1 is 1.21 bits per heavy atom. The maximum absolute atomic E-state index is 5.88. The third-order valence-electron chi connectivity index (χ3n) is 2.76. The van der Waals surface area contributed by atoms with Crippen LogP contribution in [0.25, 0.3) is 0 Å². The Kier molecular flexibility index (Phi) is 4.51. The standard InChI is InChI=1S/C15H18ClN3/c1-10(17)7-14-8-11(2)18-15(19-14)9-12-3-5-13(16)6-4-12/h3-6,8,10H,7,9,17H2,1-2H3. The highest BCUT2D eigenvalue weighted by atomic mass is 35.5. The molecule has 2 rings (SSSR count). The van der Waals surface area contributed by atoms with Gasteiger partial charge in [-0.2, -0.15) is 0 Å². The molecular formula is C15H18ClN3. The highest BCUT2D eigenvalue weighted by Gasteiger charge is 2.05. The summed E-state index contributed by atoms with van der Waals surface area (Å²) in [5.74, 6) is 0.831. The molecule has 1 unspecified atom stereocenters. The maximum Gasteiger partial charge on any atom is 0.133 e. The first kappa shape index (κ1) is 14.0. The number of aryl methyl sites for hydroxylation is 1. The molecule has 0 saturated heterocycles. The van der Waals surface area contributed by atoms with E-state index in [-0.39, 0.29) is 6.04 Å². The molecule has 19 heavy (non-hydrogen) atoms. The van der Waals surface area contributed by atoms with Crippen LogP contribution in [0.15, 0.2) is 30.3 Å². The summed E-state index contributed by atoms with van der Waals surface area (Å²) in [7, 11) is 0. The predicted octanol–water partition coefficient (Wildman–Crippen LogP) is 2.92. The maximum atomic E-state index is 5.88. The van der Waals surface area contributed by atoms with Gasteiger partial charge in [-0.05, 0) is 37.6 Å². The van der Waals surface area contributed by atoms with Crippen LogP contribution in [0.3, 0.4) is 0 Å². The number of nitrogens with two attached hydrogens (primary N) is 1. The fraction of sp³-hybridized carbons (Fsp3) is 0.333. The molecule has 4 heteroatoms. The molecule has 0 amide bonds. The Bertz CT molecular complexity index is 550. The summed E-state index contributed by atoms with van der Waals surface area (Å²) in [6.45, 7) is 3.97. The molecule has 3 nitrogen and oxygen atoms in total. The van der Waals surface area contributed by atoms with Gasteiger partial charge in [0.2, 0.25) is 0 Å². The van der Waals surface area contributed by atoms with Crippen LogP contribution in [0, 0.1) is 6.92 Å². The van der Waals surface area contributed by atoms with Crippen LogP contribution >= 0.6 is 11.6 Å². The van der Waals surface area contributed by atoms with Crippen LogP contribution in [0.4, 0.5) is 0 Å². The van der Waals surface area contributed by atoms with Crippen molar-refractivity contribution in [2.75, 3.05) is 0 Å². The third-order valence-corrected chi connectivity index (χ3v) is 3.01. The molecule has 0 aliphatic rings. The highest BCUT2D eigenvalue weighted by molar-refractivity contribution is 6.30. The Labute approximate surface area is 118 Å². The van der Waals surface area contributed by atoms with Gasteiger partial charge < -0.3 is 5.73 Å². The monoisotopic (exact) mass is 275 g/mol. The van der Waals surface area contributed by atoms with Crippen molar-refractivity contribution in [2.24, 2.45) is 5.73 Å². The Morgan fingerprint density at radius 2 is 1.89 bits per heavy atom. The Morgan fingerprint density at radius 3 is 2.53 bits per heavy atom. The first-order valence-corrected chi connectivity index (χ1v) is 6.74. The third kappa shape index (κ3) is 4.30.